The molecule has 0 unspecified atom stereocenters. The van der Waals surface area contributed by atoms with Gasteiger partial charge in [0.2, 0.25) is 5.58 Å². The van der Waals surface area contributed by atoms with Crippen LogP contribution in [0, 0.1) is 0 Å². The highest BCUT2D eigenvalue weighted by atomic mass is 32.2. The number of rotatable bonds is 4. The van der Waals surface area contributed by atoms with Gasteiger partial charge in [0.1, 0.15) is 0 Å². The minimum atomic E-state index is -3.87. The second-order valence-electron chi connectivity index (χ2n) is 3.52. The maximum atomic E-state index is 10.5. The molecule has 0 saturated carbocycles. The molecule has 0 saturated heterocycles. The molecule has 6 nitrogen and oxygen atoms in total. The van der Waals surface area contributed by atoms with E-state index in [1.54, 1.807) is 6.39 Å². The van der Waals surface area contributed by atoms with Crippen molar-refractivity contribution in [2.45, 2.75) is 13.0 Å². The summed E-state index contributed by atoms with van der Waals surface area (Å²) in [5.41, 5.74) is 1.67. The van der Waals surface area contributed by atoms with Crippen LogP contribution in [0.15, 0.2) is 35.1 Å². The SMILES string of the molecule is O=S(=O)(O)CCC[n+]1coc2ccccc21.[OH-]. The fourth-order valence-corrected chi connectivity index (χ4v) is 2.06. The van der Waals surface area contributed by atoms with E-state index in [0.29, 0.717) is 13.0 Å². The lowest BCUT2D eigenvalue weighted by molar-refractivity contribution is -0.676. The molecule has 17 heavy (non-hydrogen) atoms. The summed E-state index contributed by atoms with van der Waals surface area (Å²) in [6.07, 6.45) is 1.90. The molecule has 0 spiro atoms. The number of para-hydroxylation sites is 2. The largest absolute Gasteiger partial charge is 0.870 e. The fraction of sp³-hybridized carbons (Fsp3) is 0.300. The van der Waals surface area contributed by atoms with Gasteiger partial charge in [-0.05, 0) is 6.07 Å². The number of nitrogens with zero attached hydrogens (tertiary/aromatic N) is 1. The van der Waals surface area contributed by atoms with E-state index in [-0.39, 0.29) is 11.2 Å². The Kier molecular flexibility index (Phi) is 4.22. The second-order valence-corrected chi connectivity index (χ2v) is 5.10. The summed E-state index contributed by atoms with van der Waals surface area (Å²) in [6, 6.07) is 7.49. The van der Waals surface area contributed by atoms with Crippen molar-refractivity contribution in [2.24, 2.45) is 0 Å². The highest BCUT2D eigenvalue weighted by molar-refractivity contribution is 7.85. The van der Waals surface area contributed by atoms with Crippen LogP contribution in [0.25, 0.3) is 11.1 Å². The van der Waals surface area contributed by atoms with Gasteiger partial charge in [0.25, 0.3) is 15.6 Å². The van der Waals surface area contributed by atoms with Gasteiger partial charge in [-0.15, -0.1) is 0 Å². The minimum absolute atomic E-state index is 0. The van der Waals surface area contributed by atoms with E-state index in [9.17, 15) is 8.42 Å². The van der Waals surface area contributed by atoms with Gasteiger partial charge in [0.05, 0.1) is 5.75 Å². The molecule has 2 rings (SSSR count). The Morgan fingerprint density at radius 2 is 2.00 bits per heavy atom. The third-order valence-electron chi connectivity index (χ3n) is 2.28. The van der Waals surface area contributed by atoms with Crippen molar-refractivity contribution in [1.82, 2.24) is 0 Å². The van der Waals surface area contributed by atoms with Gasteiger partial charge in [-0.1, -0.05) is 12.1 Å². The molecular weight excluding hydrogens is 246 g/mol. The lowest BCUT2D eigenvalue weighted by Gasteiger charge is -1.93. The first-order valence-corrected chi connectivity index (χ1v) is 6.48. The zero-order valence-electron chi connectivity index (χ0n) is 8.98. The molecule has 1 aromatic heterocycles. The Bertz CT molecular complexity index is 590. The van der Waals surface area contributed by atoms with Gasteiger partial charge in [-0.3, -0.25) is 4.55 Å². The topological polar surface area (TPSA) is 101 Å². The van der Waals surface area contributed by atoms with Crippen LogP contribution in [0.4, 0.5) is 0 Å². The summed E-state index contributed by atoms with van der Waals surface area (Å²) in [5, 5.41) is 0. The summed E-state index contributed by atoms with van der Waals surface area (Å²) in [5.74, 6) is -0.237. The highest BCUT2D eigenvalue weighted by Gasteiger charge is 2.13. The first-order valence-electron chi connectivity index (χ1n) is 4.87. The molecule has 0 aliphatic heterocycles. The van der Waals surface area contributed by atoms with Gasteiger partial charge < -0.3 is 9.89 Å². The number of aromatic nitrogens is 1. The van der Waals surface area contributed by atoms with Crippen molar-refractivity contribution >= 4 is 21.2 Å². The molecule has 0 atom stereocenters. The highest BCUT2D eigenvalue weighted by Crippen LogP contribution is 2.09. The summed E-state index contributed by atoms with van der Waals surface area (Å²) in [7, 11) is -3.87. The number of hydrogen-bond donors (Lipinski definition) is 1. The van der Waals surface area contributed by atoms with Crippen molar-refractivity contribution in [3.05, 3.63) is 30.7 Å². The van der Waals surface area contributed by atoms with Gasteiger partial charge in [0, 0.05) is 12.5 Å². The normalized spacial score (nSPS) is 11.4. The molecule has 0 fully saturated rings. The van der Waals surface area contributed by atoms with Crippen molar-refractivity contribution in [3.63, 3.8) is 0 Å². The average Bonchev–Trinajstić information content (AvgIpc) is 2.60. The molecule has 2 aromatic rings. The predicted octanol–water partition coefficient (Wildman–Crippen LogP) is 0.821. The number of aryl methyl sites for hydroxylation is 1. The van der Waals surface area contributed by atoms with E-state index >= 15 is 0 Å². The first kappa shape index (κ1) is 13.6. The maximum Gasteiger partial charge on any atom is 0.335 e. The monoisotopic (exact) mass is 259 g/mol. The van der Waals surface area contributed by atoms with E-state index in [0.717, 1.165) is 11.1 Å². The minimum Gasteiger partial charge on any atom is -0.870 e. The summed E-state index contributed by atoms with van der Waals surface area (Å²) < 4.78 is 36.8. The summed E-state index contributed by atoms with van der Waals surface area (Å²) in [4.78, 5) is 0. The van der Waals surface area contributed by atoms with Gasteiger partial charge in [-0.2, -0.15) is 13.0 Å². The van der Waals surface area contributed by atoms with Crippen LogP contribution < -0.4 is 4.57 Å². The molecule has 1 heterocycles. The Balaban J connectivity index is 0.00000144. The smallest absolute Gasteiger partial charge is 0.335 e. The zero-order valence-corrected chi connectivity index (χ0v) is 9.80. The lowest BCUT2D eigenvalue weighted by Crippen LogP contribution is -2.32. The molecule has 2 N–H and O–H groups in total. The summed E-state index contributed by atoms with van der Waals surface area (Å²) >= 11 is 0. The fourth-order valence-electron chi connectivity index (χ4n) is 1.56. The number of hydrogen-bond acceptors (Lipinski definition) is 4. The van der Waals surface area contributed by atoms with Crippen molar-refractivity contribution in [3.8, 4) is 0 Å². The number of oxazole rings is 1. The number of fused-ring (bicyclic) bond motifs is 1. The lowest BCUT2D eigenvalue weighted by atomic mass is 10.3. The van der Waals surface area contributed by atoms with Crippen LogP contribution in [-0.4, -0.2) is 24.2 Å². The van der Waals surface area contributed by atoms with E-state index in [1.165, 1.54) is 0 Å². The van der Waals surface area contributed by atoms with Gasteiger partial charge in [0.15, 0.2) is 6.54 Å². The summed E-state index contributed by atoms with van der Waals surface area (Å²) in [6.45, 7) is 0.497. The van der Waals surface area contributed by atoms with E-state index in [2.05, 4.69) is 0 Å². The molecule has 0 bridgehead atoms. The van der Waals surface area contributed by atoms with Crippen LogP contribution in [0.5, 0.6) is 0 Å². The number of benzene rings is 1. The zero-order chi connectivity index (χ0) is 11.6. The molecule has 1 aromatic carbocycles. The van der Waals surface area contributed by atoms with Crippen molar-refractivity contribution < 1.29 is 27.4 Å². The second kappa shape index (κ2) is 5.26. The van der Waals surface area contributed by atoms with Crippen LogP contribution in [-0.2, 0) is 16.7 Å². The Morgan fingerprint density at radius 3 is 2.71 bits per heavy atom. The maximum absolute atomic E-state index is 10.5. The Hall–Kier alpha value is -1.44. The molecule has 0 radical (unpaired) electrons. The average molecular weight is 259 g/mol. The van der Waals surface area contributed by atoms with E-state index in [4.69, 9.17) is 8.97 Å². The Morgan fingerprint density at radius 1 is 1.29 bits per heavy atom. The van der Waals surface area contributed by atoms with Crippen LogP contribution in [0.3, 0.4) is 0 Å². The van der Waals surface area contributed by atoms with E-state index in [1.807, 2.05) is 28.8 Å². The molecule has 0 aliphatic carbocycles. The van der Waals surface area contributed by atoms with Crippen LogP contribution >= 0.6 is 0 Å². The van der Waals surface area contributed by atoms with Gasteiger partial charge in [-0.25, -0.2) is 0 Å². The van der Waals surface area contributed by atoms with Crippen LogP contribution in [0.1, 0.15) is 6.42 Å². The molecule has 94 valence electrons. The standard InChI is InChI=1S/C10H11NO4S.H2O/c12-16(13,14)7-3-6-11-8-15-10-5-2-1-4-9(10)11;/h1-2,4-5,8H,3,6-7H2;1H2. The first-order chi connectivity index (χ1) is 7.56. The van der Waals surface area contributed by atoms with Crippen molar-refractivity contribution in [1.29, 1.82) is 0 Å². The van der Waals surface area contributed by atoms with Crippen molar-refractivity contribution in [2.75, 3.05) is 5.75 Å². The van der Waals surface area contributed by atoms with E-state index < -0.39 is 10.1 Å². The third kappa shape index (κ3) is 3.52. The molecule has 0 amide bonds. The predicted molar refractivity (Wildman–Crippen MR) is 59.4 cm³/mol. The Labute approximate surface area is 98.5 Å². The van der Waals surface area contributed by atoms with Gasteiger partial charge >= 0.3 is 6.39 Å². The third-order valence-corrected chi connectivity index (χ3v) is 3.09. The molecule has 0 aliphatic rings. The molecular formula is C10H13NO5S. The van der Waals surface area contributed by atoms with Crippen LogP contribution in [0.2, 0.25) is 0 Å². The quantitative estimate of drug-likeness (QED) is 0.647. The molecule has 7 heteroatoms.